The number of hydrogen-bond acceptors (Lipinski definition) is 5. The lowest BCUT2D eigenvalue weighted by Gasteiger charge is -2.23. The van der Waals surface area contributed by atoms with Crippen LogP contribution >= 0.6 is 0 Å². The van der Waals surface area contributed by atoms with E-state index in [1.807, 2.05) is 13.8 Å². The lowest BCUT2D eigenvalue weighted by molar-refractivity contribution is -0.152. The SMILES string of the molecule is C=C(C)C(=O)OC(C)C(C)OCC(C)OCC(C)O. The van der Waals surface area contributed by atoms with Crippen LogP contribution in [-0.4, -0.2) is 48.7 Å². The molecule has 5 nitrogen and oxygen atoms in total. The summed E-state index contributed by atoms with van der Waals surface area (Å²) in [7, 11) is 0. The van der Waals surface area contributed by atoms with Crippen molar-refractivity contribution in [2.75, 3.05) is 13.2 Å². The van der Waals surface area contributed by atoms with Gasteiger partial charge in [-0.15, -0.1) is 0 Å². The second kappa shape index (κ2) is 9.07. The predicted octanol–water partition coefficient (Wildman–Crippen LogP) is 1.69. The van der Waals surface area contributed by atoms with Gasteiger partial charge >= 0.3 is 5.97 Å². The summed E-state index contributed by atoms with van der Waals surface area (Å²) >= 11 is 0. The molecule has 0 radical (unpaired) electrons. The molecule has 5 heteroatoms. The maximum atomic E-state index is 11.3. The van der Waals surface area contributed by atoms with Crippen molar-refractivity contribution in [2.24, 2.45) is 0 Å². The molecule has 112 valence electrons. The van der Waals surface area contributed by atoms with Crippen LogP contribution in [-0.2, 0) is 19.0 Å². The molecule has 0 aliphatic rings. The third-order valence-corrected chi connectivity index (χ3v) is 2.52. The van der Waals surface area contributed by atoms with Crippen molar-refractivity contribution in [3.05, 3.63) is 12.2 Å². The van der Waals surface area contributed by atoms with E-state index in [0.717, 1.165) is 0 Å². The van der Waals surface area contributed by atoms with E-state index in [1.54, 1.807) is 20.8 Å². The summed E-state index contributed by atoms with van der Waals surface area (Å²) in [6.45, 7) is 12.9. The largest absolute Gasteiger partial charge is 0.457 e. The minimum Gasteiger partial charge on any atom is -0.457 e. The summed E-state index contributed by atoms with van der Waals surface area (Å²) in [5.74, 6) is -0.415. The molecule has 0 spiro atoms. The van der Waals surface area contributed by atoms with E-state index < -0.39 is 12.1 Å². The van der Waals surface area contributed by atoms with Crippen molar-refractivity contribution in [1.29, 1.82) is 0 Å². The summed E-state index contributed by atoms with van der Waals surface area (Å²) < 4.78 is 16.1. The van der Waals surface area contributed by atoms with E-state index in [9.17, 15) is 4.79 Å². The van der Waals surface area contributed by atoms with Crippen LogP contribution in [0.5, 0.6) is 0 Å². The van der Waals surface area contributed by atoms with Gasteiger partial charge in [0.15, 0.2) is 0 Å². The van der Waals surface area contributed by atoms with Crippen molar-refractivity contribution < 1.29 is 24.1 Å². The molecule has 0 bridgehead atoms. The molecule has 0 aliphatic carbocycles. The van der Waals surface area contributed by atoms with Gasteiger partial charge in [-0.05, 0) is 34.6 Å². The number of carbonyl (C=O) groups excluding carboxylic acids is 1. The van der Waals surface area contributed by atoms with Gasteiger partial charge in [-0.2, -0.15) is 0 Å². The summed E-state index contributed by atoms with van der Waals surface area (Å²) in [5.41, 5.74) is 0.368. The lowest BCUT2D eigenvalue weighted by Crippen LogP contribution is -2.32. The summed E-state index contributed by atoms with van der Waals surface area (Å²) in [6.07, 6.45) is -1.20. The zero-order valence-corrected chi connectivity index (χ0v) is 12.5. The molecule has 0 heterocycles. The first-order valence-electron chi connectivity index (χ1n) is 6.51. The van der Waals surface area contributed by atoms with E-state index >= 15 is 0 Å². The minimum atomic E-state index is -0.490. The van der Waals surface area contributed by atoms with E-state index in [0.29, 0.717) is 12.2 Å². The maximum absolute atomic E-state index is 11.3. The second-order valence-corrected chi connectivity index (χ2v) is 4.92. The number of esters is 1. The van der Waals surface area contributed by atoms with Gasteiger partial charge in [0.25, 0.3) is 0 Å². The van der Waals surface area contributed by atoms with E-state index in [4.69, 9.17) is 19.3 Å². The Balaban J connectivity index is 3.92. The number of ether oxygens (including phenoxy) is 3. The average molecular weight is 274 g/mol. The normalized spacial score (nSPS) is 17.4. The van der Waals surface area contributed by atoms with E-state index in [1.165, 1.54) is 0 Å². The Hall–Kier alpha value is -0.910. The van der Waals surface area contributed by atoms with Crippen molar-refractivity contribution in [2.45, 2.75) is 59.0 Å². The zero-order chi connectivity index (χ0) is 15.0. The van der Waals surface area contributed by atoms with Crippen LogP contribution in [0.25, 0.3) is 0 Å². The fourth-order valence-electron chi connectivity index (χ4n) is 1.14. The van der Waals surface area contributed by atoms with E-state index in [-0.39, 0.29) is 24.9 Å². The maximum Gasteiger partial charge on any atom is 0.333 e. The molecule has 0 amide bonds. The molecule has 0 saturated carbocycles. The highest BCUT2D eigenvalue weighted by Gasteiger charge is 2.18. The van der Waals surface area contributed by atoms with Gasteiger partial charge in [0.2, 0.25) is 0 Å². The molecule has 4 unspecified atom stereocenters. The number of carbonyl (C=O) groups is 1. The Labute approximate surface area is 115 Å². The molecule has 0 fully saturated rings. The van der Waals surface area contributed by atoms with Crippen molar-refractivity contribution >= 4 is 5.97 Å². The Bertz CT molecular complexity index is 288. The zero-order valence-electron chi connectivity index (χ0n) is 12.5. The van der Waals surface area contributed by atoms with Crippen molar-refractivity contribution in [3.8, 4) is 0 Å². The van der Waals surface area contributed by atoms with Gasteiger partial charge in [-0.25, -0.2) is 4.79 Å². The monoisotopic (exact) mass is 274 g/mol. The van der Waals surface area contributed by atoms with Crippen LogP contribution in [0, 0.1) is 0 Å². The predicted molar refractivity (Wildman–Crippen MR) is 72.9 cm³/mol. The topological polar surface area (TPSA) is 65.0 Å². The molecule has 0 aromatic carbocycles. The molecule has 0 rings (SSSR count). The van der Waals surface area contributed by atoms with Crippen molar-refractivity contribution in [3.63, 3.8) is 0 Å². The van der Waals surface area contributed by atoms with Gasteiger partial charge in [0, 0.05) is 5.57 Å². The molecular weight excluding hydrogens is 248 g/mol. The average Bonchev–Trinajstić information content (AvgIpc) is 2.32. The van der Waals surface area contributed by atoms with Crippen LogP contribution < -0.4 is 0 Å². The van der Waals surface area contributed by atoms with Crippen LogP contribution in [0.4, 0.5) is 0 Å². The van der Waals surface area contributed by atoms with Gasteiger partial charge < -0.3 is 19.3 Å². The Morgan fingerprint density at radius 3 is 2.16 bits per heavy atom. The van der Waals surface area contributed by atoms with Gasteiger partial charge in [0.05, 0.1) is 31.5 Å². The highest BCUT2D eigenvalue weighted by molar-refractivity contribution is 5.87. The summed E-state index contributed by atoms with van der Waals surface area (Å²) in [4.78, 5) is 11.3. The molecule has 0 saturated heterocycles. The number of aliphatic hydroxyl groups excluding tert-OH is 1. The summed E-state index contributed by atoms with van der Waals surface area (Å²) in [6, 6.07) is 0. The first-order valence-corrected chi connectivity index (χ1v) is 6.51. The number of rotatable bonds is 9. The molecular formula is C14H26O5. The van der Waals surface area contributed by atoms with Gasteiger partial charge in [-0.1, -0.05) is 6.58 Å². The quantitative estimate of drug-likeness (QED) is 0.512. The van der Waals surface area contributed by atoms with Gasteiger partial charge in [0.1, 0.15) is 6.10 Å². The second-order valence-electron chi connectivity index (χ2n) is 4.92. The van der Waals surface area contributed by atoms with Crippen molar-refractivity contribution in [1.82, 2.24) is 0 Å². The number of hydrogen-bond donors (Lipinski definition) is 1. The minimum absolute atomic E-state index is 0.124. The molecule has 0 aliphatic heterocycles. The number of aliphatic hydroxyl groups is 1. The first kappa shape index (κ1) is 18.1. The fourth-order valence-corrected chi connectivity index (χ4v) is 1.14. The Kier molecular flexibility index (Phi) is 8.63. The standard InChI is InChI=1S/C14H26O5/c1-9(2)14(16)19-13(6)12(5)18-8-11(4)17-7-10(3)15/h10-13,15H,1,7-8H2,2-6H3. The highest BCUT2D eigenvalue weighted by atomic mass is 16.6. The highest BCUT2D eigenvalue weighted by Crippen LogP contribution is 2.07. The van der Waals surface area contributed by atoms with Crippen LogP contribution in [0.3, 0.4) is 0 Å². The third-order valence-electron chi connectivity index (χ3n) is 2.52. The lowest BCUT2D eigenvalue weighted by atomic mass is 10.2. The molecule has 4 atom stereocenters. The van der Waals surface area contributed by atoms with Crippen LogP contribution in [0.1, 0.15) is 34.6 Å². The van der Waals surface area contributed by atoms with Crippen LogP contribution in [0.15, 0.2) is 12.2 Å². The first-order chi connectivity index (χ1) is 8.73. The fraction of sp³-hybridized carbons (Fsp3) is 0.786. The smallest absolute Gasteiger partial charge is 0.333 e. The van der Waals surface area contributed by atoms with Crippen LogP contribution in [0.2, 0.25) is 0 Å². The Morgan fingerprint density at radius 2 is 1.68 bits per heavy atom. The molecule has 19 heavy (non-hydrogen) atoms. The third kappa shape index (κ3) is 8.75. The molecule has 0 aromatic heterocycles. The summed E-state index contributed by atoms with van der Waals surface area (Å²) in [5, 5.41) is 9.09. The molecule has 0 aromatic rings. The van der Waals surface area contributed by atoms with E-state index in [2.05, 4.69) is 6.58 Å². The van der Waals surface area contributed by atoms with Gasteiger partial charge in [-0.3, -0.25) is 0 Å². The Morgan fingerprint density at radius 1 is 1.11 bits per heavy atom. The molecule has 1 N–H and O–H groups in total.